The molecule has 3 aromatic carbocycles. The molecule has 0 unspecified atom stereocenters. The zero-order valence-corrected chi connectivity index (χ0v) is 18.5. The second kappa shape index (κ2) is 9.23. The van der Waals surface area contributed by atoms with Gasteiger partial charge in [-0.1, -0.05) is 46.3 Å². The molecule has 0 saturated carbocycles. The number of anilines is 2. The van der Waals surface area contributed by atoms with Crippen LogP contribution in [0.2, 0.25) is 0 Å². The molecule has 0 bridgehead atoms. The van der Waals surface area contributed by atoms with Crippen LogP contribution in [0.4, 0.5) is 11.4 Å². The molecule has 0 aliphatic carbocycles. The lowest BCUT2D eigenvalue weighted by atomic mass is 10.1. The Balaban J connectivity index is 1.91. The third-order valence-electron chi connectivity index (χ3n) is 4.29. The van der Waals surface area contributed by atoms with Crippen LogP contribution < -0.4 is 9.62 Å². The topological polar surface area (TPSA) is 83.6 Å². The van der Waals surface area contributed by atoms with Gasteiger partial charge in [-0.3, -0.25) is 13.9 Å². The van der Waals surface area contributed by atoms with E-state index in [0.29, 0.717) is 16.9 Å². The molecule has 0 saturated heterocycles. The number of sulfonamides is 1. The van der Waals surface area contributed by atoms with E-state index in [2.05, 4.69) is 21.2 Å². The summed E-state index contributed by atoms with van der Waals surface area (Å²) >= 11 is 3.33. The van der Waals surface area contributed by atoms with Crippen LogP contribution in [0.15, 0.2) is 88.2 Å². The molecule has 0 fully saturated rings. The third-order valence-corrected chi connectivity index (χ3v) is 6.60. The summed E-state index contributed by atoms with van der Waals surface area (Å²) in [6, 6.07) is 21.1. The molecule has 0 radical (unpaired) electrons. The van der Waals surface area contributed by atoms with E-state index in [1.807, 2.05) is 0 Å². The van der Waals surface area contributed by atoms with Crippen LogP contribution in [0.3, 0.4) is 0 Å². The lowest BCUT2D eigenvalue weighted by molar-refractivity contribution is -0.114. The molecular formula is C22H19BrN2O4S. The van der Waals surface area contributed by atoms with Crippen LogP contribution in [-0.2, 0) is 14.8 Å². The maximum absolute atomic E-state index is 13.2. The molecule has 3 rings (SSSR count). The van der Waals surface area contributed by atoms with Gasteiger partial charge in [0, 0.05) is 15.7 Å². The maximum Gasteiger partial charge on any atom is 0.264 e. The fourth-order valence-electron chi connectivity index (χ4n) is 2.79. The van der Waals surface area contributed by atoms with Gasteiger partial charge in [0.1, 0.15) is 6.54 Å². The summed E-state index contributed by atoms with van der Waals surface area (Å²) in [4.78, 5) is 24.4. The van der Waals surface area contributed by atoms with Gasteiger partial charge in [0.25, 0.3) is 10.0 Å². The first-order chi connectivity index (χ1) is 14.3. The molecule has 0 aliphatic heterocycles. The third kappa shape index (κ3) is 5.14. The second-order valence-electron chi connectivity index (χ2n) is 6.49. The van der Waals surface area contributed by atoms with Gasteiger partial charge < -0.3 is 5.32 Å². The van der Waals surface area contributed by atoms with E-state index in [1.54, 1.807) is 66.7 Å². The van der Waals surface area contributed by atoms with Gasteiger partial charge in [-0.05, 0) is 55.5 Å². The molecule has 3 aromatic rings. The van der Waals surface area contributed by atoms with Crippen LogP contribution in [-0.4, -0.2) is 26.7 Å². The monoisotopic (exact) mass is 486 g/mol. The molecule has 0 atom stereocenters. The van der Waals surface area contributed by atoms with E-state index >= 15 is 0 Å². The standard InChI is InChI=1S/C22H19BrN2O4S/c1-16(26)17-6-5-7-19(14-17)24-22(27)15-25(20-12-10-18(23)11-13-20)30(28,29)21-8-3-2-4-9-21/h2-14H,15H2,1H3,(H,24,27). The zero-order chi connectivity index (χ0) is 21.7. The van der Waals surface area contributed by atoms with Crippen LogP contribution in [0.25, 0.3) is 0 Å². The number of hydrogen-bond donors (Lipinski definition) is 1. The highest BCUT2D eigenvalue weighted by molar-refractivity contribution is 9.10. The van der Waals surface area contributed by atoms with Gasteiger partial charge in [-0.15, -0.1) is 0 Å². The van der Waals surface area contributed by atoms with Gasteiger partial charge in [-0.2, -0.15) is 0 Å². The van der Waals surface area contributed by atoms with Crippen molar-refractivity contribution in [3.63, 3.8) is 0 Å². The molecule has 0 aliphatic rings. The van der Waals surface area contributed by atoms with Gasteiger partial charge in [0.15, 0.2) is 5.78 Å². The molecule has 30 heavy (non-hydrogen) atoms. The minimum Gasteiger partial charge on any atom is -0.324 e. The van der Waals surface area contributed by atoms with Crippen molar-refractivity contribution in [2.75, 3.05) is 16.2 Å². The first-order valence-electron chi connectivity index (χ1n) is 9.01. The number of halogens is 1. The Morgan fingerprint density at radius 1 is 0.933 bits per heavy atom. The van der Waals surface area contributed by atoms with Crippen molar-refractivity contribution in [3.05, 3.63) is 88.9 Å². The van der Waals surface area contributed by atoms with Gasteiger partial charge in [0.2, 0.25) is 5.91 Å². The van der Waals surface area contributed by atoms with Gasteiger partial charge in [0.05, 0.1) is 10.6 Å². The summed E-state index contributed by atoms with van der Waals surface area (Å²) in [6.45, 7) is 1.01. The summed E-state index contributed by atoms with van der Waals surface area (Å²) in [7, 11) is -3.97. The predicted octanol–water partition coefficient (Wildman–Crippen LogP) is 4.49. The molecule has 1 N–H and O–H groups in total. The largest absolute Gasteiger partial charge is 0.324 e. The molecule has 0 aromatic heterocycles. The molecular weight excluding hydrogens is 468 g/mol. The quantitative estimate of drug-likeness (QED) is 0.498. The Kier molecular flexibility index (Phi) is 6.69. The summed E-state index contributed by atoms with van der Waals surface area (Å²) < 4.78 is 28.3. The first-order valence-corrected chi connectivity index (χ1v) is 11.2. The van der Waals surface area contributed by atoms with Crippen LogP contribution in [0.5, 0.6) is 0 Å². The van der Waals surface area contributed by atoms with Crippen molar-refractivity contribution in [2.24, 2.45) is 0 Å². The lowest BCUT2D eigenvalue weighted by Gasteiger charge is -2.24. The average molecular weight is 487 g/mol. The van der Waals surface area contributed by atoms with E-state index in [4.69, 9.17) is 0 Å². The second-order valence-corrected chi connectivity index (χ2v) is 9.26. The summed E-state index contributed by atoms with van der Waals surface area (Å²) in [5, 5.41) is 2.67. The number of hydrogen-bond acceptors (Lipinski definition) is 4. The minimum atomic E-state index is -3.97. The summed E-state index contributed by atoms with van der Waals surface area (Å²) in [6.07, 6.45) is 0. The number of rotatable bonds is 7. The van der Waals surface area contributed by atoms with Crippen LogP contribution >= 0.6 is 15.9 Å². The summed E-state index contributed by atoms with van der Waals surface area (Å²) in [5.74, 6) is -0.660. The van der Waals surface area contributed by atoms with E-state index < -0.39 is 22.5 Å². The lowest BCUT2D eigenvalue weighted by Crippen LogP contribution is -2.38. The molecule has 8 heteroatoms. The van der Waals surface area contributed by atoms with E-state index in [1.165, 1.54) is 19.1 Å². The maximum atomic E-state index is 13.2. The van der Waals surface area contributed by atoms with Crippen LogP contribution in [0.1, 0.15) is 17.3 Å². The average Bonchev–Trinajstić information content (AvgIpc) is 2.73. The Hall–Kier alpha value is -2.97. The number of benzene rings is 3. The van der Waals surface area contributed by atoms with Crippen molar-refractivity contribution in [1.29, 1.82) is 0 Å². The fourth-order valence-corrected chi connectivity index (χ4v) is 4.50. The number of ketones is 1. The van der Waals surface area contributed by atoms with Crippen molar-refractivity contribution in [3.8, 4) is 0 Å². The van der Waals surface area contributed by atoms with Gasteiger partial charge >= 0.3 is 0 Å². The van der Waals surface area contributed by atoms with E-state index in [0.717, 1.165) is 8.78 Å². The van der Waals surface area contributed by atoms with Gasteiger partial charge in [-0.25, -0.2) is 8.42 Å². The normalized spacial score (nSPS) is 11.0. The van der Waals surface area contributed by atoms with E-state index in [9.17, 15) is 18.0 Å². The Morgan fingerprint density at radius 3 is 2.23 bits per heavy atom. The predicted molar refractivity (Wildman–Crippen MR) is 120 cm³/mol. The fraction of sp³-hybridized carbons (Fsp3) is 0.0909. The van der Waals surface area contributed by atoms with Crippen LogP contribution in [0, 0.1) is 0 Å². The summed E-state index contributed by atoms with van der Waals surface area (Å²) in [5.41, 5.74) is 1.23. The number of nitrogens with one attached hydrogen (secondary N) is 1. The highest BCUT2D eigenvalue weighted by atomic mass is 79.9. The molecule has 154 valence electrons. The smallest absolute Gasteiger partial charge is 0.264 e. The number of carbonyl (C=O) groups excluding carboxylic acids is 2. The Morgan fingerprint density at radius 2 is 1.60 bits per heavy atom. The van der Waals surface area contributed by atoms with Crippen molar-refractivity contribution >= 4 is 49.0 Å². The number of amides is 1. The molecule has 0 spiro atoms. The molecule has 1 amide bonds. The van der Waals surface area contributed by atoms with Crippen molar-refractivity contribution < 1.29 is 18.0 Å². The molecule has 6 nitrogen and oxygen atoms in total. The highest BCUT2D eigenvalue weighted by Crippen LogP contribution is 2.25. The minimum absolute atomic E-state index is 0.0827. The Labute approximate surface area is 183 Å². The Bertz CT molecular complexity index is 1160. The number of carbonyl (C=O) groups is 2. The van der Waals surface area contributed by atoms with E-state index in [-0.39, 0.29) is 10.7 Å². The SMILES string of the molecule is CC(=O)c1cccc(NC(=O)CN(c2ccc(Br)cc2)S(=O)(=O)c2ccccc2)c1. The number of Topliss-reactive ketones (excluding diaryl/α,β-unsaturated/α-hetero) is 1. The zero-order valence-electron chi connectivity index (χ0n) is 16.1. The first kappa shape index (κ1) is 21.7. The highest BCUT2D eigenvalue weighted by Gasteiger charge is 2.27. The number of nitrogens with zero attached hydrogens (tertiary/aromatic N) is 1. The molecule has 0 heterocycles. The van der Waals surface area contributed by atoms with Crippen molar-refractivity contribution in [1.82, 2.24) is 0 Å². The van der Waals surface area contributed by atoms with Crippen molar-refractivity contribution in [2.45, 2.75) is 11.8 Å².